The number of carbonyl (C=O) groups is 4. The fourth-order valence-corrected chi connectivity index (χ4v) is 5.59. The summed E-state index contributed by atoms with van der Waals surface area (Å²) in [6, 6.07) is 9.52. The van der Waals surface area contributed by atoms with E-state index in [9.17, 15) is 32.3 Å². The molecule has 214 valence electrons. The maximum atomic E-state index is 13.2. The maximum Gasteiger partial charge on any atom is 0.412 e. The molecular weight excluding hydrogens is 543 g/mol. The number of piperidine rings is 1. The first kappa shape index (κ1) is 26.9. The van der Waals surface area contributed by atoms with Crippen LogP contribution in [0.1, 0.15) is 44.7 Å². The molecule has 2 aromatic rings. The normalized spacial score (nSPS) is 23.0. The number of alkyl halides is 3. The molecule has 0 bridgehead atoms. The third-order valence-corrected chi connectivity index (χ3v) is 7.75. The van der Waals surface area contributed by atoms with E-state index in [1.165, 1.54) is 6.07 Å². The zero-order valence-corrected chi connectivity index (χ0v) is 21.8. The minimum Gasteiger partial charge on any atom is -0.488 e. The predicted octanol–water partition coefficient (Wildman–Crippen LogP) is 2.13. The summed E-state index contributed by atoms with van der Waals surface area (Å²) in [4.78, 5) is 58.6. The number of piperazine rings is 1. The highest BCUT2D eigenvalue weighted by molar-refractivity contribution is 6.24. The van der Waals surface area contributed by atoms with Crippen molar-refractivity contribution in [2.45, 2.75) is 44.3 Å². The van der Waals surface area contributed by atoms with Crippen LogP contribution in [0.15, 0.2) is 47.5 Å². The first-order valence-electron chi connectivity index (χ1n) is 13.2. The number of amidine groups is 1. The van der Waals surface area contributed by atoms with Crippen LogP contribution in [0.4, 0.5) is 13.2 Å². The van der Waals surface area contributed by atoms with Gasteiger partial charge < -0.3 is 9.64 Å². The lowest BCUT2D eigenvalue weighted by Crippen LogP contribution is -2.54. The van der Waals surface area contributed by atoms with Crippen molar-refractivity contribution in [1.29, 1.82) is 0 Å². The Hall–Kier alpha value is -4.26. The summed E-state index contributed by atoms with van der Waals surface area (Å²) >= 11 is 0. The van der Waals surface area contributed by atoms with Crippen molar-refractivity contribution in [3.63, 3.8) is 0 Å². The van der Waals surface area contributed by atoms with Crippen molar-refractivity contribution in [3.05, 3.63) is 64.7 Å². The van der Waals surface area contributed by atoms with Gasteiger partial charge in [-0.2, -0.15) is 13.2 Å². The summed E-state index contributed by atoms with van der Waals surface area (Å²) in [7, 11) is 0. The molecule has 4 amide bonds. The number of benzene rings is 2. The van der Waals surface area contributed by atoms with E-state index in [0.717, 1.165) is 16.0 Å². The average molecular weight is 570 g/mol. The van der Waals surface area contributed by atoms with Gasteiger partial charge in [-0.1, -0.05) is 30.3 Å². The predicted molar refractivity (Wildman–Crippen MR) is 138 cm³/mol. The molecule has 0 aromatic heterocycles. The van der Waals surface area contributed by atoms with Gasteiger partial charge in [0, 0.05) is 26.1 Å². The zero-order chi connectivity index (χ0) is 28.9. The number of aliphatic imine (C=N–C) groups is 1. The third-order valence-electron chi connectivity index (χ3n) is 7.75. The Balaban J connectivity index is 1.08. The molecule has 2 fully saturated rings. The number of hydrogen-bond acceptors (Lipinski definition) is 8. The van der Waals surface area contributed by atoms with Gasteiger partial charge in [0.05, 0.1) is 24.2 Å². The molecule has 10 nitrogen and oxygen atoms in total. The Labute approximate surface area is 232 Å². The number of fused-ring (bicyclic) bond motifs is 2. The van der Waals surface area contributed by atoms with Gasteiger partial charge in [0.1, 0.15) is 24.2 Å². The SMILES string of the molecule is O=C1CCC(N2C(=O)c3cccc(OCc4ccc(CN5CCN6CC(C(F)(F)F)N=C6C5)cc4)c3C2=O)C(=O)N1. The number of ether oxygens (including phenoxy) is 1. The smallest absolute Gasteiger partial charge is 0.412 e. The fourth-order valence-electron chi connectivity index (χ4n) is 5.59. The van der Waals surface area contributed by atoms with Gasteiger partial charge in [0.15, 0.2) is 6.04 Å². The van der Waals surface area contributed by atoms with Gasteiger partial charge in [-0.25, -0.2) is 0 Å². The van der Waals surface area contributed by atoms with Crippen LogP contribution in [0.2, 0.25) is 0 Å². The standard InChI is InChI=1S/C28H26F3N5O5/c29-28(30,31)21-13-35-11-10-34(14-22(35)32-21)12-16-4-6-17(7-5-16)15-41-20-3-1-2-18-24(20)27(40)36(26(18)39)19-8-9-23(37)33-25(19)38/h1-7,19,21H,8-15H2,(H,33,37,38). The molecule has 2 saturated heterocycles. The molecule has 4 heterocycles. The van der Waals surface area contributed by atoms with E-state index in [1.54, 1.807) is 17.0 Å². The number of halogens is 3. The topological polar surface area (TPSA) is 112 Å². The van der Waals surface area contributed by atoms with Crippen molar-refractivity contribution >= 4 is 29.5 Å². The second kappa shape index (κ2) is 10.3. The second-order valence-corrected chi connectivity index (χ2v) is 10.5. The van der Waals surface area contributed by atoms with E-state index in [4.69, 9.17) is 4.74 Å². The lowest BCUT2D eigenvalue weighted by atomic mass is 10.0. The molecule has 0 spiro atoms. The Morgan fingerprint density at radius 2 is 1.73 bits per heavy atom. The van der Waals surface area contributed by atoms with Gasteiger partial charge in [-0.15, -0.1) is 0 Å². The van der Waals surface area contributed by atoms with Crippen LogP contribution < -0.4 is 10.1 Å². The summed E-state index contributed by atoms with van der Waals surface area (Å²) in [6.45, 7) is 2.06. The largest absolute Gasteiger partial charge is 0.488 e. The maximum absolute atomic E-state index is 13.2. The summed E-state index contributed by atoms with van der Waals surface area (Å²) in [5.41, 5.74) is 2.01. The minimum atomic E-state index is -4.33. The highest BCUT2D eigenvalue weighted by Gasteiger charge is 2.47. The van der Waals surface area contributed by atoms with E-state index in [1.807, 2.05) is 24.3 Å². The van der Waals surface area contributed by atoms with E-state index in [-0.39, 0.29) is 42.9 Å². The van der Waals surface area contributed by atoms with Gasteiger partial charge >= 0.3 is 6.18 Å². The van der Waals surface area contributed by atoms with E-state index in [0.29, 0.717) is 32.0 Å². The number of nitrogens with one attached hydrogen (secondary N) is 1. The summed E-state index contributed by atoms with van der Waals surface area (Å²) in [5, 5.41) is 2.18. The van der Waals surface area contributed by atoms with Crippen LogP contribution in [0.25, 0.3) is 0 Å². The van der Waals surface area contributed by atoms with E-state index >= 15 is 0 Å². The molecule has 2 aromatic carbocycles. The summed E-state index contributed by atoms with van der Waals surface area (Å²) in [6.07, 6.45) is -4.23. The van der Waals surface area contributed by atoms with Crippen molar-refractivity contribution in [1.82, 2.24) is 20.0 Å². The van der Waals surface area contributed by atoms with Gasteiger partial charge in [0.25, 0.3) is 11.8 Å². The van der Waals surface area contributed by atoms with Crippen molar-refractivity contribution in [2.24, 2.45) is 4.99 Å². The number of nitrogens with zero attached hydrogens (tertiary/aromatic N) is 4. The van der Waals surface area contributed by atoms with E-state index < -0.39 is 41.9 Å². The number of imide groups is 2. The number of hydrogen-bond donors (Lipinski definition) is 1. The highest BCUT2D eigenvalue weighted by Crippen LogP contribution is 2.34. The fraction of sp³-hybridized carbons (Fsp3) is 0.393. The second-order valence-electron chi connectivity index (χ2n) is 10.5. The van der Waals surface area contributed by atoms with Crippen LogP contribution in [0.5, 0.6) is 5.75 Å². The van der Waals surface area contributed by atoms with E-state index in [2.05, 4.69) is 15.2 Å². The monoisotopic (exact) mass is 569 g/mol. The van der Waals surface area contributed by atoms with Crippen LogP contribution in [0, 0.1) is 0 Å². The Bertz CT molecular complexity index is 1460. The molecule has 0 saturated carbocycles. The van der Waals surface area contributed by atoms with Gasteiger partial charge in [-0.3, -0.25) is 39.3 Å². The third kappa shape index (κ3) is 5.17. The number of amides is 4. The summed E-state index contributed by atoms with van der Waals surface area (Å²) < 4.78 is 45.1. The van der Waals surface area contributed by atoms with Crippen LogP contribution in [-0.2, 0) is 22.7 Å². The summed E-state index contributed by atoms with van der Waals surface area (Å²) in [5.74, 6) is -1.67. The van der Waals surface area contributed by atoms with Crippen LogP contribution in [-0.4, -0.2) is 88.6 Å². The van der Waals surface area contributed by atoms with Gasteiger partial charge in [-0.05, 0) is 29.7 Å². The molecule has 13 heteroatoms. The first-order valence-corrected chi connectivity index (χ1v) is 13.2. The molecule has 6 rings (SSSR count). The molecule has 41 heavy (non-hydrogen) atoms. The highest BCUT2D eigenvalue weighted by atomic mass is 19.4. The molecule has 2 unspecified atom stereocenters. The van der Waals surface area contributed by atoms with Crippen LogP contribution in [0.3, 0.4) is 0 Å². The average Bonchev–Trinajstić information content (AvgIpc) is 3.48. The Morgan fingerprint density at radius 1 is 0.976 bits per heavy atom. The van der Waals surface area contributed by atoms with Crippen LogP contribution >= 0.6 is 0 Å². The van der Waals surface area contributed by atoms with Crippen molar-refractivity contribution in [2.75, 3.05) is 26.2 Å². The first-order chi connectivity index (χ1) is 19.6. The van der Waals surface area contributed by atoms with Crippen molar-refractivity contribution < 1.29 is 37.1 Å². The number of rotatable bonds is 6. The lowest BCUT2D eigenvalue weighted by Gasteiger charge is -2.34. The molecule has 2 atom stereocenters. The minimum absolute atomic E-state index is 0.0344. The van der Waals surface area contributed by atoms with Crippen molar-refractivity contribution in [3.8, 4) is 5.75 Å². The quantitative estimate of drug-likeness (QED) is 0.531. The zero-order valence-electron chi connectivity index (χ0n) is 21.8. The Morgan fingerprint density at radius 3 is 2.46 bits per heavy atom. The Kier molecular flexibility index (Phi) is 6.76. The molecule has 0 aliphatic carbocycles. The molecule has 0 radical (unpaired) electrons. The molecule has 1 N–H and O–H groups in total. The number of carbonyl (C=O) groups excluding carboxylic acids is 4. The molecular formula is C28H26F3N5O5. The molecule has 4 aliphatic rings. The molecule has 4 aliphatic heterocycles. The lowest BCUT2D eigenvalue weighted by molar-refractivity contribution is -0.146. The van der Waals surface area contributed by atoms with Gasteiger partial charge in [0.2, 0.25) is 11.8 Å².